The van der Waals surface area contributed by atoms with E-state index in [1.54, 1.807) is 0 Å². The van der Waals surface area contributed by atoms with Crippen molar-refractivity contribution >= 4 is 0 Å². The molecule has 5 heterocycles. The number of hydrogen-bond acceptors (Lipinski definition) is 0. The van der Waals surface area contributed by atoms with Crippen LogP contribution in [-0.4, -0.2) is 0 Å². The van der Waals surface area contributed by atoms with Gasteiger partial charge in [-0.1, -0.05) is 121 Å². The molecule has 0 N–H and O–H groups in total. The summed E-state index contributed by atoms with van der Waals surface area (Å²) in [6, 6.07) is 62.4. The van der Waals surface area contributed by atoms with E-state index in [9.17, 15) is 0 Å². The van der Waals surface area contributed by atoms with E-state index in [0.717, 1.165) is 19.3 Å². The van der Waals surface area contributed by atoms with Crippen molar-refractivity contribution in [2.75, 3.05) is 0 Å². The minimum atomic E-state index is -0.777. The molecule has 6 aromatic carbocycles. The Hall–Kier alpha value is -7.23. The molecule has 0 aliphatic carbocycles. The highest BCUT2D eigenvalue weighted by Crippen LogP contribution is 2.39. The minimum Gasteiger partial charge on any atom is -0.0718 e. The number of aromatic nitrogens is 3. The Labute approximate surface area is 378 Å². The van der Waals surface area contributed by atoms with Crippen molar-refractivity contribution in [1.29, 1.82) is 0 Å². The second-order valence-corrected chi connectivity index (χ2v) is 18.4. The molecule has 0 saturated heterocycles. The molecule has 0 atom stereocenters. The van der Waals surface area contributed by atoms with Gasteiger partial charge in [-0.05, 0) is 158 Å². The van der Waals surface area contributed by atoms with Gasteiger partial charge in [-0.25, -0.2) is 0 Å². The first-order chi connectivity index (χ1) is 31.2. The van der Waals surface area contributed by atoms with Crippen LogP contribution in [0.3, 0.4) is 0 Å². The van der Waals surface area contributed by atoms with Gasteiger partial charge in [-0.3, -0.25) is 0 Å². The van der Waals surface area contributed by atoms with E-state index in [0.29, 0.717) is 0 Å². The fourth-order valence-electron chi connectivity index (χ4n) is 10.7. The molecule has 0 unspecified atom stereocenters. The highest BCUT2D eigenvalue weighted by Gasteiger charge is 2.65. The second-order valence-electron chi connectivity index (χ2n) is 18.4. The van der Waals surface area contributed by atoms with E-state index in [1.807, 2.05) is 0 Å². The summed E-state index contributed by atoms with van der Waals surface area (Å²) >= 11 is 0. The Bertz CT molecular complexity index is 3190. The summed E-state index contributed by atoms with van der Waals surface area (Å²) in [5.74, 6) is -0.777. The highest BCUT2D eigenvalue weighted by molar-refractivity contribution is 5.78. The third-order valence-corrected chi connectivity index (χ3v) is 14.1. The molecule has 2 aliphatic rings. The number of aryl methyl sites for hydroxylation is 8. The second kappa shape index (κ2) is 15.5. The van der Waals surface area contributed by atoms with E-state index in [4.69, 9.17) is 0 Å². The van der Waals surface area contributed by atoms with Gasteiger partial charge in [0, 0.05) is 36.4 Å². The maximum absolute atomic E-state index is 2.59. The molecule has 64 heavy (non-hydrogen) atoms. The van der Waals surface area contributed by atoms with Gasteiger partial charge in [0.15, 0.2) is 25.0 Å². The summed E-state index contributed by atoms with van der Waals surface area (Å²) in [6.45, 7) is 13.3. The first-order valence-electron chi connectivity index (χ1n) is 22.8. The zero-order valence-corrected chi connectivity index (χ0v) is 37.8. The van der Waals surface area contributed by atoms with E-state index in [1.165, 1.54) is 117 Å². The first-order valence-corrected chi connectivity index (χ1v) is 22.8. The summed E-state index contributed by atoms with van der Waals surface area (Å²) in [7, 11) is 0. The molecule has 0 bridgehead atoms. The van der Waals surface area contributed by atoms with Gasteiger partial charge in [0.25, 0.3) is 0 Å². The predicted octanol–water partition coefficient (Wildman–Crippen LogP) is 12.8. The van der Waals surface area contributed by atoms with Crippen molar-refractivity contribution in [3.8, 4) is 67.2 Å². The Balaban J connectivity index is 1.24. The molecule has 310 valence electrons. The van der Waals surface area contributed by atoms with E-state index in [2.05, 4.69) is 238 Å². The minimum absolute atomic E-state index is 0.721. The number of benzene rings is 6. The lowest BCUT2D eigenvalue weighted by molar-refractivity contribution is -1.16. The van der Waals surface area contributed by atoms with Crippen LogP contribution in [0.1, 0.15) is 50.1 Å². The molecular formula is C61H54N3+3. The van der Waals surface area contributed by atoms with Crippen molar-refractivity contribution < 1.29 is 13.7 Å². The maximum Gasteiger partial charge on any atom is 0.565 e. The van der Waals surface area contributed by atoms with Gasteiger partial charge in [-0.15, -0.1) is 0 Å². The fraction of sp³-hybridized carbons (Fsp3) is 0.164. The average molecular weight is 829 g/mol. The lowest BCUT2D eigenvalue weighted by atomic mass is 9.87. The molecule has 2 aliphatic heterocycles. The maximum atomic E-state index is 2.59. The lowest BCUT2D eigenvalue weighted by Crippen LogP contribution is -2.89. The molecule has 0 saturated carbocycles. The van der Waals surface area contributed by atoms with Crippen LogP contribution < -0.4 is 13.7 Å². The normalized spacial score (nSPS) is 13.4. The number of rotatable bonds is 3. The predicted molar refractivity (Wildman–Crippen MR) is 261 cm³/mol. The number of nitrogens with zero attached hydrogens (tertiary/aromatic N) is 3. The molecule has 0 fully saturated rings. The quantitative estimate of drug-likeness (QED) is 0.157. The lowest BCUT2D eigenvalue weighted by Gasteiger charge is -2.27. The average Bonchev–Trinajstić information content (AvgIpc) is 3.34. The van der Waals surface area contributed by atoms with Gasteiger partial charge < -0.3 is 0 Å². The summed E-state index contributed by atoms with van der Waals surface area (Å²) in [5.41, 5.74) is 26.6. The first kappa shape index (κ1) is 39.6. The molecular weight excluding hydrogens is 775 g/mol. The van der Waals surface area contributed by atoms with E-state index in [-0.39, 0.29) is 0 Å². The molecule has 9 aromatic rings. The van der Waals surface area contributed by atoms with Crippen LogP contribution >= 0.6 is 0 Å². The zero-order chi connectivity index (χ0) is 43.7. The van der Waals surface area contributed by atoms with Crippen LogP contribution in [0.25, 0.3) is 67.2 Å². The van der Waals surface area contributed by atoms with Gasteiger partial charge in [-0.2, -0.15) is 0 Å². The van der Waals surface area contributed by atoms with E-state index >= 15 is 0 Å². The van der Waals surface area contributed by atoms with E-state index < -0.39 is 5.79 Å². The van der Waals surface area contributed by atoms with Crippen molar-refractivity contribution in [3.05, 3.63) is 232 Å². The zero-order valence-electron chi connectivity index (χ0n) is 37.8. The third-order valence-electron chi connectivity index (χ3n) is 14.1. The van der Waals surface area contributed by atoms with Crippen molar-refractivity contribution in [1.82, 2.24) is 0 Å². The molecule has 1 spiro atoms. The van der Waals surface area contributed by atoms with Gasteiger partial charge >= 0.3 is 5.79 Å². The molecule has 3 nitrogen and oxygen atoms in total. The SMILES string of the molecule is Cc1ccc(C)c(-c2ccc3c(c2)-c2cccc[n+]2C2(Cc4ccc(-c5cc(C)ccc5C)cc4-c4cccc[n+]42)[n+]2ccccc2-c2cc(-c4cc(C)ccc4C)ccc2CC3)c1. The van der Waals surface area contributed by atoms with Gasteiger partial charge in [0.2, 0.25) is 17.1 Å². The number of fused-ring (bicyclic) bond motifs is 12. The molecule has 3 heteroatoms. The van der Waals surface area contributed by atoms with Crippen LogP contribution in [0, 0.1) is 41.5 Å². The molecule has 0 amide bonds. The van der Waals surface area contributed by atoms with Crippen LogP contribution in [0.4, 0.5) is 0 Å². The van der Waals surface area contributed by atoms with Crippen LogP contribution in [0.15, 0.2) is 182 Å². The number of pyridine rings is 3. The van der Waals surface area contributed by atoms with Crippen LogP contribution in [0.5, 0.6) is 0 Å². The highest BCUT2D eigenvalue weighted by atomic mass is 15.4. The summed E-state index contributed by atoms with van der Waals surface area (Å²) in [6.07, 6.45) is 9.51. The topological polar surface area (TPSA) is 11.6 Å². The fourth-order valence-corrected chi connectivity index (χ4v) is 10.7. The Morgan fingerprint density at radius 2 is 0.672 bits per heavy atom. The Morgan fingerprint density at radius 1 is 0.328 bits per heavy atom. The number of hydrogen-bond donors (Lipinski definition) is 0. The molecule has 11 rings (SSSR count). The van der Waals surface area contributed by atoms with Gasteiger partial charge in [0.05, 0.1) is 16.7 Å². The summed E-state index contributed by atoms with van der Waals surface area (Å²) in [4.78, 5) is 0. The smallest absolute Gasteiger partial charge is 0.0718 e. The summed E-state index contributed by atoms with van der Waals surface area (Å²) < 4.78 is 7.75. The molecule has 0 radical (unpaired) electrons. The van der Waals surface area contributed by atoms with Gasteiger partial charge in [0.1, 0.15) is 0 Å². The summed E-state index contributed by atoms with van der Waals surface area (Å²) in [5, 5.41) is 0. The van der Waals surface area contributed by atoms with Crippen LogP contribution in [0.2, 0.25) is 0 Å². The monoisotopic (exact) mass is 828 g/mol. The molecule has 3 aromatic heterocycles. The largest absolute Gasteiger partial charge is 0.565 e. The Morgan fingerprint density at radius 3 is 1.05 bits per heavy atom. The Kier molecular flexibility index (Phi) is 9.61. The van der Waals surface area contributed by atoms with Crippen LogP contribution in [-0.2, 0) is 25.0 Å². The standard InChI is InChI=1S/C61H54N3/c1-40-16-19-43(4)52(33-40)48-26-24-46-22-23-47-25-27-49(53-34-41(2)17-20-44(53)5)37-56(47)59-14-8-11-31-63(59)61(62-30-10-7-13-58(62)55(46)36-48)39-51-29-28-50(54-35-42(3)18-21-45(54)6)38-57(51)60-15-9-12-32-64(60)61/h7-21,24-38H,22-23,39H2,1-6H3/q+3. The van der Waals surface area contributed by atoms with Crippen molar-refractivity contribution in [3.63, 3.8) is 0 Å². The van der Waals surface area contributed by atoms with Crippen molar-refractivity contribution in [2.45, 2.75) is 66.6 Å². The third kappa shape index (κ3) is 6.53. The van der Waals surface area contributed by atoms with Crippen molar-refractivity contribution in [2.24, 2.45) is 0 Å².